The van der Waals surface area contributed by atoms with Gasteiger partial charge < -0.3 is 16.4 Å². The molecule has 5 heteroatoms. The molecular weight excluding hydrogens is 119 g/mol. The van der Waals surface area contributed by atoms with Gasteiger partial charge in [-0.2, -0.15) is 13.5 Å². The average Bonchev–Trinajstić information content (AvgIpc) is 0. The minimum Gasteiger partial charge on any atom is -0.870 e. The van der Waals surface area contributed by atoms with E-state index in [1.54, 1.807) is 0 Å². The van der Waals surface area contributed by atoms with Crippen LogP contribution in [-0.4, -0.2) is 16.4 Å². The Morgan fingerprint density at radius 2 is 0.800 bits per heavy atom. The molecule has 0 amide bonds. The van der Waals surface area contributed by atoms with Crippen molar-refractivity contribution in [3.05, 3.63) is 0 Å². The summed E-state index contributed by atoms with van der Waals surface area (Å²) < 4.78 is 0. The molecule has 0 radical (unpaired) electrons. The van der Waals surface area contributed by atoms with E-state index in [4.69, 9.17) is 0 Å². The fourth-order valence-corrected chi connectivity index (χ4v) is 0. The number of hydrogen-bond donors (Lipinski definition) is 0. The topological polar surface area (TPSA) is 93.0 Å². The van der Waals surface area contributed by atoms with E-state index < -0.39 is 0 Å². The summed E-state index contributed by atoms with van der Waals surface area (Å²) in [6.45, 7) is 0. The first-order chi connectivity index (χ1) is 0. The van der Waals surface area contributed by atoms with Crippen LogP contribution in [0.5, 0.6) is 0 Å². The van der Waals surface area contributed by atoms with Crippen molar-refractivity contribution in [2.24, 2.45) is 0 Å². The summed E-state index contributed by atoms with van der Waals surface area (Å²) >= 11 is 0. The van der Waals surface area contributed by atoms with Crippen molar-refractivity contribution in [1.29, 1.82) is 0 Å². The van der Waals surface area contributed by atoms with Crippen molar-refractivity contribution in [1.82, 2.24) is 0 Å². The molecule has 0 heterocycles. The second-order valence-electron chi connectivity index (χ2n) is 0. The van der Waals surface area contributed by atoms with Gasteiger partial charge in [-0.1, -0.05) is 0 Å². The van der Waals surface area contributed by atoms with Crippen LogP contribution in [0.4, 0.5) is 0 Å². The first kappa shape index (κ1) is 67.8. The summed E-state index contributed by atoms with van der Waals surface area (Å²) in [5, 5.41) is 0. The molecule has 0 bridgehead atoms. The Kier molecular flexibility index (Phi) is 541. The summed E-state index contributed by atoms with van der Waals surface area (Å²) in [4.78, 5) is 0. The first-order valence-electron chi connectivity index (χ1n) is 0. The molecule has 5 heavy (non-hydrogen) atoms. The van der Waals surface area contributed by atoms with E-state index in [0.29, 0.717) is 0 Å². The van der Waals surface area contributed by atoms with Gasteiger partial charge in [-0.05, 0) is 0 Å². The molecule has 0 aromatic carbocycles. The maximum Gasteiger partial charge on any atom is 1.00 e. The quantitative estimate of drug-likeness (QED) is 0.300. The van der Waals surface area contributed by atoms with Gasteiger partial charge >= 0.3 is 51.4 Å². The Morgan fingerprint density at radius 1 is 0.800 bits per heavy atom. The van der Waals surface area contributed by atoms with Gasteiger partial charge in [0.2, 0.25) is 0 Å². The van der Waals surface area contributed by atoms with E-state index in [1.165, 1.54) is 0 Å². The van der Waals surface area contributed by atoms with Crippen LogP contribution in [0.15, 0.2) is 0 Å². The van der Waals surface area contributed by atoms with Crippen molar-refractivity contribution in [3.8, 4) is 0 Å². The molecule has 5 N–H and O–H groups in total. The Balaban J connectivity index is 0. The molecule has 0 aromatic heterocycles. The van der Waals surface area contributed by atoms with Crippen molar-refractivity contribution in [2.45, 2.75) is 0 Å². The third-order valence-corrected chi connectivity index (χ3v) is 0. The van der Waals surface area contributed by atoms with Gasteiger partial charge in [0.15, 0.2) is 0 Å². The Labute approximate surface area is 79.9 Å². The van der Waals surface area contributed by atoms with Crippen LogP contribution >= 0.6 is 13.5 Å². The maximum absolute atomic E-state index is 0. The zero-order chi connectivity index (χ0) is 0. The van der Waals surface area contributed by atoms with Gasteiger partial charge in [0.05, 0.1) is 0 Å². The summed E-state index contributed by atoms with van der Waals surface area (Å²) in [6.07, 6.45) is 0. The predicted molar refractivity (Wildman–Crippen MR) is 19.5 cm³/mol. The molecule has 0 rings (SSSR count). The number of hydrogen-bond acceptors (Lipinski definition) is 1. The van der Waals surface area contributed by atoms with Crippen LogP contribution in [-0.2, 0) is 0 Å². The van der Waals surface area contributed by atoms with Gasteiger partial charge in [0.25, 0.3) is 0 Å². The number of rotatable bonds is 0. The van der Waals surface area contributed by atoms with E-state index >= 15 is 0 Å². The summed E-state index contributed by atoms with van der Waals surface area (Å²) in [5.41, 5.74) is 0. The van der Waals surface area contributed by atoms with E-state index in [1.807, 2.05) is 0 Å². The van der Waals surface area contributed by atoms with Crippen LogP contribution in [0.25, 0.3) is 0 Å². The second kappa shape index (κ2) is 39.9. The van der Waals surface area contributed by atoms with Crippen molar-refractivity contribution >= 4 is 13.5 Å². The average molecular weight is 126 g/mol. The van der Waals surface area contributed by atoms with Gasteiger partial charge in [0.1, 0.15) is 0 Å². The molecule has 0 saturated heterocycles. The minimum atomic E-state index is 0. The molecule has 0 fully saturated rings. The summed E-state index contributed by atoms with van der Waals surface area (Å²) in [6, 6.07) is 0. The zero-order valence-electron chi connectivity index (χ0n) is 2.95. The van der Waals surface area contributed by atoms with Crippen LogP contribution in [0, 0.1) is 0 Å². The predicted octanol–water partition coefficient (Wildman–Crippen LogP) is -4.71. The Hall–Kier alpha value is 1.87. The molecule has 0 aromatic rings. The largest absolute Gasteiger partial charge is 1.00 e. The van der Waals surface area contributed by atoms with Crippen LogP contribution in [0.2, 0.25) is 0 Å². The minimum absolute atomic E-state index is 0. The smallest absolute Gasteiger partial charge is 0.870 e. The standard InChI is InChI=1S/K.3H2O.H2S/h;4*1H2/q+1;;;;/p-1. The fraction of sp³-hybridized carbons (Fsp3) is 0. The molecule has 3 nitrogen and oxygen atoms in total. The molecular formula is H7KO3S. The first-order valence-corrected chi connectivity index (χ1v) is 0. The van der Waals surface area contributed by atoms with E-state index in [9.17, 15) is 0 Å². The SMILES string of the molecule is O.O.S.[K+].[OH-]. The summed E-state index contributed by atoms with van der Waals surface area (Å²) in [7, 11) is 0. The van der Waals surface area contributed by atoms with Crippen molar-refractivity contribution in [3.63, 3.8) is 0 Å². The monoisotopic (exact) mass is 126 g/mol. The maximum atomic E-state index is 0. The molecule has 0 aliphatic heterocycles. The van der Waals surface area contributed by atoms with Crippen LogP contribution in [0.3, 0.4) is 0 Å². The molecule has 0 aliphatic rings. The normalized spacial score (nSPS) is 0. The molecule has 0 saturated carbocycles. The second-order valence-corrected chi connectivity index (χ2v) is 0. The molecule has 0 atom stereocenters. The van der Waals surface area contributed by atoms with E-state index in [-0.39, 0.29) is 81.3 Å². The Bertz CT molecular complexity index is 6.85. The molecule has 0 aliphatic carbocycles. The molecule has 0 unspecified atom stereocenters. The van der Waals surface area contributed by atoms with E-state index in [0.717, 1.165) is 0 Å². The third kappa shape index (κ3) is 25.2. The van der Waals surface area contributed by atoms with Gasteiger partial charge in [-0.15, -0.1) is 0 Å². The van der Waals surface area contributed by atoms with Gasteiger partial charge in [-0.25, -0.2) is 0 Å². The van der Waals surface area contributed by atoms with Gasteiger partial charge in [-0.3, -0.25) is 0 Å². The Morgan fingerprint density at radius 3 is 0.800 bits per heavy atom. The van der Waals surface area contributed by atoms with Crippen molar-refractivity contribution < 1.29 is 67.8 Å². The fourth-order valence-electron chi connectivity index (χ4n) is 0. The zero-order valence-corrected chi connectivity index (χ0v) is 7.07. The van der Waals surface area contributed by atoms with Crippen LogP contribution in [0.1, 0.15) is 0 Å². The summed E-state index contributed by atoms with van der Waals surface area (Å²) in [5.74, 6) is 0. The third-order valence-electron chi connectivity index (χ3n) is 0. The molecule has 0 spiro atoms. The van der Waals surface area contributed by atoms with Gasteiger partial charge in [0, 0.05) is 0 Å². The molecule has 32 valence electrons. The van der Waals surface area contributed by atoms with Crippen molar-refractivity contribution in [2.75, 3.05) is 0 Å². The van der Waals surface area contributed by atoms with Crippen LogP contribution < -0.4 is 51.4 Å². The van der Waals surface area contributed by atoms with E-state index in [2.05, 4.69) is 0 Å².